The molecule has 0 amide bonds. The molecule has 3 aromatic rings. The van der Waals surface area contributed by atoms with Gasteiger partial charge < -0.3 is 9.84 Å². The Hall–Kier alpha value is -2.35. The molecule has 0 aliphatic heterocycles. The van der Waals surface area contributed by atoms with Crippen LogP contribution in [0.1, 0.15) is 5.56 Å². The van der Waals surface area contributed by atoms with Crippen molar-refractivity contribution in [3.8, 4) is 17.6 Å². The molecule has 1 unspecified atom stereocenters. The van der Waals surface area contributed by atoms with E-state index in [2.05, 4.69) is 27.8 Å². The summed E-state index contributed by atoms with van der Waals surface area (Å²) in [4.78, 5) is 0. The van der Waals surface area contributed by atoms with E-state index in [-0.39, 0.29) is 12.4 Å². The molecular formula is C20H14BrFO2. The lowest BCUT2D eigenvalue weighted by molar-refractivity contribution is 0.151. The van der Waals surface area contributed by atoms with E-state index in [1.54, 1.807) is 12.1 Å². The Kier molecular flexibility index (Phi) is 5.14. The van der Waals surface area contributed by atoms with Crippen molar-refractivity contribution >= 4 is 26.7 Å². The molecule has 3 rings (SSSR count). The molecule has 0 aromatic heterocycles. The van der Waals surface area contributed by atoms with Crippen LogP contribution in [0.15, 0.2) is 65.1 Å². The van der Waals surface area contributed by atoms with Gasteiger partial charge in [0.15, 0.2) is 0 Å². The van der Waals surface area contributed by atoms with Crippen molar-refractivity contribution in [2.75, 3.05) is 6.61 Å². The summed E-state index contributed by atoms with van der Waals surface area (Å²) in [5.41, 5.74) is 0.641. The van der Waals surface area contributed by atoms with Crippen LogP contribution in [0.5, 0.6) is 5.75 Å². The van der Waals surface area contributed by atoms with E-state index >= 15 is 0 Å². The molecule has 0 saturated carbocycles. The Balaban J connectivity index is 1.67. The molecule has 120 valence electrons. The van der Waals surface area contributed by atoms with Crippen molar-refractivity contribution < 1.29 is 14.2 Å². The molecule has 0 heterocycles. The van der Waals surface area contributed by atoms with E-state index in [4.69, 9.17) is 4.74 Å². The van der Waals surface area contributed by atoms with Crippen molar-refractivity contribution in [3.05, 3.63) is 76.5 Å². The highest BCUT2D eigenvalue weighted by molar-refractivity contribution is 9.10. The van der Waals surface area contributed by atoms with E-state index in [1.165, 1.54) is 12.1 Å². The molecule has 0 bridgehead atoms. The maximum atomic E-state index is 12.8. The van der Waals surface area contributed by atoms with Gasteiger partial charge in [-0.2, -0.15) is 0 Å². The summed E-state index contributed by atoms with van der Waals surface area (Å²) in [6.45, 7) is 0.0468. The number of halogens is 2. The number of aliphatic hydroxyl groups excluding tert-OH is 1. The van der Waals surface area contributed by atoms with Crippen LogP contribution < -0.4 is 4.74 Å². The van der Waals surface area contributed by atoms with Gasteiger partial charge in [0.2, 0.25) is 0 Å². The van der Waals surface area contributed by atoms with Crippen molar-refractivity contribution in [3.63, 3.8) is 0 Å². The third kappa shape index (κ3) is 3.94. The molecule has 0 fully saturated rings. The van der Waals surface area contributed by atoms with Crippen LogP contribution in [-0.4, -0.2) is 17.8 Å². The summed E-state index contributed by atoms with van der Waals surface area (Å²) >= 11 is 3.54. The maximum Gasteiger partial charge on any atom is 0.148 e. The number of aliphatic hydroxyl groups is 1. The van der Waals surface area contributed by atoms with Crippen molar-refractivity contribution in [1.29, 1.82) is 0 Å². The Morgan fingerprint density at radius 2 is 1.79 bits per heavy atom. The predicted molar refractivity (Wildman–Crippen MR) is 96.4 cm³/mol. The number of hydrogen-bond acceptors (Lipinski definition) is 2. The van der Waals surface area contributed by atoms with Crippen molar-refractivity contribution in [2.24, 2.45) is 0 Å². The highest BCUT2D eigenvalue weighted by Crippen LogP contribution is 2.33. The molecule has 3 aromatic carbocycles. The Morgan fingerprint density at radius 1 is 1.04 bits per heavy atom. The molecule has 0 saturated heterocycles. The minimum absolute atomic E-state index is 0.0468. The highest BCUT2D eigenvalue weighted by atomic mass is 79.9. The van der Waals surface area contributed by atoms with Crippen LogP contribution in [0, 0.1) is 17.7 Å². The van der Waals surface area contributed by atoms with Gasteiger partial charge in [0.1, 0.15) is 24.3 Å². The van der Waals surface area contributed by atoms with Crippen LogP contribution in [0.2, 0.25) is 0 Å². The predicted octanol–water partition coefficient (Wildman–Crippen LogP) is 4.53. The molecule has 0 radical (unpaired) electrons. The molecular weight excluding hydrogens is 371 g/mol. The molecule has 24 heavy (non-hydrogen) atoms. The fraction of sp³-hybridized carbons (Fsp3) is 0.100. The summed E-state index contributed by atoms with van der Waals surface area (Å²) in [6.07, 6.45) is -0.937. The summed E-state index contributed by atoms with van der Waals surface area (Å²) in [7, 11) is 0. The Morgan fingerprint density at radius 3 is 2.58 bits per heavy atom. The first kappa shape index (κ1) is 16.5. The van der Waals surface area contributed by atoms with Gasteiger partial charge in [0.05, 0.1) is 4.47 Å². The third-order valence-corrected chi connectivity index (χ3v) is 4.27. The third-order valence-electron chi connectivity index (χ3n) is 3.45. The van der Waals surface area contributed by atoms with Crippen LogP contribution >= 0.6 is 15.9 Å². The van der Waals surface area contributed by atoms with Crippen LogP contribution in [0.3, 0.4) is 0 Å². The molecule has 4 heteroatoms. The van der Waals surface area contributed by atoms with Gasteiger partial charge in [-0.05, 0) is 57.0 Å². The van der Waals surface area contributed by atoms with Crippen molar-refractivity contribution in [2.45, 2.75) is 6.10 Å². The quantitative estimate of drug-likeness (QED) is 0.672. The maximum absolute atomic E-state index is 12.8. The van der Waals surface area contributed by atoms with Gasteiger partial charge in [0, 0.05) is 5.56 Å². The van der Waals surface area contributed by atoms with Crippen LogP contribution in [0.25, 0.3) is 10.8 Å². The van der Waals surface area contributed by atoms with Gasteiger partial charge in [0.25, 0.3) is 0 Å². The zero-order valence-corrected chi connectivity index (χ0v) is 14.3. The van der Waals surface area contributed by atoms with Crippen molar-refractivity contribution in [1.82, 2.24) is 0 Å². The Bertz CT molecular complexity index is 910. The first-order valence-corrected chi connectivity index (χ1v) is 8.18. The largest absolute Gasteiger partial charge is 0.489 e. The van der Waals surface area contributed by atoms with E-state index < -0.39 is 6.10 Å². The highest BCUT2D eigenvalue weighted by Gasteiger charge is 2.08. The minimum Gasteiger partial charge on any atom is -0.489 e. The van der Waals surface area contributed by atoms with Gasteiger partial charge in [-0.1, -0.05) is 42.2 Å². The van der Waals surface area contributed by atoms with Crippen LogP contribution in [-0.2, 0) is 0 Å². The standard InChI is InChI=1S/C20H14BrFO2/c21-20-18-4-2-1-3-15(18)8-12-19(20)24-13-17(23)11-7-14-5-9-16(22)10-6-14/h1-6,8-10,12,17,23H,13H2. The number of ether oxygens (including phenoxy) is 1. The summed E-state index contributed by atoms with van der Waals surface area (Å²) in [6, 6.07) is 17.6. The summed E-state index contributed by atoms with van der Waals surface area (Å²) in [5.74, 6) is 5.82. The van der Waals surface area contributed by atoms with E-state index in [9.17, 15) is 9.50 Å². The zero-order chi connectivity index (χ0) is 16.9. The Labute approximate surface area is 148 Å². The van der Waals surface area contributed by atoms with Gasteiger partial charge >= 0.3 is 0 Å². The van der Waals surface area contributed by atoms with Gasteiger partial charge in [-0.25, -0.2) is 4.39 Å². The number of rotatable bonds is 3. The van der Waals surface area contributed by atoms with Gasteiger partial charge in [-0.3, -0.25) is 0 Å². The molecule has 0 aliphatic rings. The monoisotopic (exact) mass is 384 g/mol. The first-order valence-electron chi connectivity index (χ1n) is 7.39. The lowest BCUT2D eigenvalue weighted by atomic mass is 10.1. The lowest BCUT2D eigenvalue weighted by Crippen LogP contribution is -2.15. The van der Waals surface area contributed by atoms with E-state index in [1.807, 2.05) is 36.4 Å². The smallest absolute Gasteiger partial charge is 0.148 e. The average molecular weight is 385 g/mol. The average Bonchev–Trinajstić information content (AvgIpc) is 2.61. The van der Waals surface area contributed by atoms with Gasteiger partial charge in [-0.15, -0.1) is 0 Å². The van der Waals surface area contributed by atoms with E-state index in [0.717, 1.165) is 15.2 Å². The minimum atomic E-state index is -0.937. The first-order chi connectivity index (χ1) is 11.6. The van der Waals surface area contributed by atoms with E-state index in [0.29, 0.717) is 11.3 Å². The second-order valence-corrected chi connectivity index (χ2v) is 5.99. The fourth-order valence-electron chi connectivity index (χ4n) is 2.24. The molecule has 0 aliphatic carbocycles. The fourth-order valence-corrected chi connectivity index (χ4v) is 2.84. The normalized spacial score (nSPS) is 11.6. The number of benzene rings is 3. The van der Waals surface area contributed by atoms with Crippen LogP contribution in [0.4, 0.5) is 4.39 Å². The summed E-state index contributed by atoms with van der Waals surface area (Å²) in [5, 5.41) is 12.1. The SMILES string of the molecule is OC(C#Cc1ccc(F)cc1)COc1ccc2ccccc2c1Br. The second kappa shape index (κ2) is 7.48. The molecule has 2 nitrogen and oxygen atoms in total. The molecule has 1 atom stereocenters. The topological polar surface area (TPSA) is 29.5 Å². The second-order valence-electron chi connectivity index (χ2n) is 5.20. The molecule has 1 N–H and O–H groups in total. The zero-order valence-electron chi connectivity index (χ0n) is 12.7. The molecule has 0 spiro atoms. The lowest BCUT2D eigenvalue weighted by Gasteiger charge is -2.11. The number of hydrogen-bond donors (Lipinski definition) is 1. The number of fused-ring (bicyclic) bond motifs is 1. The summed E-state index contributed by atoms with van der Waals surface area (Å²) < 4.78 is 19.3.